The standard InChI is InChI=1S/C20H28N2O3/c1-13(2)24-18-10-8-17(9-11-18)7-6-14(3)21-20(23)12-19-15(4)22-25-16(19)5/h8-11,13-14H,6-7,12H2,1-5H3,(H,21,23)/t14-/m1/s1. The van der Waals surface area contributed by atoms with Gasteiger partial charge in [-0.05, 0) is 65.2 Å². The van der Waals surface area contributed by atoms with E-state index in [1.165, 1.54) is 5.56 Å². The van der Waals surface area contributed by atoms with E-state index >= 15 is 0 Å². The zero-order valence-electron chi connectivity index (χ0n) is 15.8. The predicted molar refractivity (Wildman–Crippen MR) is 97.8 cm³/mol. The lowest BCUT2D eigenvalue weighted by Gasteiger charge is -2.14. The van der Waals surface area contributed by atoms with Crippen molar-refractivity contribution in [3.05, 3.63) is 46.8 Å². The van der Waals surface area contributed by atoms with E-state index in [0.29, 0.717) is 12.2 Å². The molecule has 1 aromatic carbocycles. The molecular weight excluding hydrogens is 316 g/mol. The zero-order valence-corrected chi connectivity index (χ0v) is 15.8. The number of aryl methyl sites for hydroxylation is 3. The monoisotopic (exact) mass is 344 g/mol. The summed E-state index contributed by atoms with van der Waals surface area (Å²) in [6, 6.07) is 8.26. The first kappa shape index (κ1) is 19.0. The normalized spacial score (nSPS) is 12.2. The van der Waals surface area contributed by atoms with Crippen molar-refractivity contribution in [1.82, 2.24) is 10.5 Å². The van der Waals surface area contributed by atoms with Crippen molar-refractivity contribution in [2.45, 2.75) is 66.0 Å². The fraction of sp³-hybridized carbons (Fsp3) is 0.500. The van der Waals surface area contributed by atoms with E-state index in [1.54, 1.807) is 0 Å². The van der Waals surface area contributed by atoms with Crippen LogP contribution in [0.1, 0.15) is 49.8 Å². The van der Waals surface area contributed by atoms with Crippen LogP contribution in [-0.2, 0) is 17.6 Å². The SMILES string of the molecule is Cc1noc(C)c1CC(=O)N[C@H](C)CCc1ccc(OC(C)C)cc1. The average Bonchev–Trinajstić information content (AvgIpc) is 2.85. The molecule has 0 unspecified atom stereocenters. The van der Waals surface area contributed by atoms with E-state index < -0.39 is 0 Å². The number of nitrogens with one attached hydrogen (secondary N) is 1. The molecule has 0 bridgehead atoms. The van der Waals surface area contributed by atoms with Crippen LogP contribution in [0, 0.1) is 13.8 Å². The first-order valence-corrected chi connectivity index (χ1v) is 8.82. The highest BCUT2D eigenvalue weighted by Gasteiger charge is 2.15. The van der Waals surface area contributed by atoms with Crippen LogP contribution in [-0.4, -0.2) is 23.2 Å². The van der Waals surface area contributed by atoms with E-state index in [0.717, 1.165) is 29.8 Å². The Balaban J connectivity index is 1.78. The van der Waals surface area contributed by atoms with Crippen LogP contribution in [0.5, 0.6) is 5.75 Å². The Morgan fingerprint density at radius 3 is 2.44 bits per heavy atom. The molecular formula is C20H28N2O3. The minimum absolute atomic E-state index is 0.00239. The number of ether oxygens (including phenoxy) is 1. The molecule has 1 aromatic heterocycles. The Kier molecular flexibility index (Phi) is 6.62. The number of aromatic nitrogens is 1. The van der Waals surface area contributed by atoms with Gasteiger partial charge in [-0.3, -0.25) is 4.79 Å². The molecule has 2 rings (SSSR count). The highest BCUT2D eigenvalue weighted by molar-refractivity contribution is 5.79. The highest BCUT2D eigenvalue weighted by Crippen LogP contribution is 2.16. The number of hydrogen-bond donors (Lipinski definition) is 1. The van der Waals surface area contributed by atoms with Gasteiger partial charge in [0.05, 0.1) is 18.2 Å². The maximum absolute atomic E-state index is 12.2. The Labute approximate surface area is 149 Å². The Morgan fingerprint density at radius 2 is 1.88 bits per heavy atom. The second kappa shape index (κ2) is 8.70. The van der Waals surface area contributed by atoms with E-state index in [2.05, 4.69) is 22.6 Å². The van der Waals surface area contributed by atoms with Gasteiger partial charge in [0.1, 0.15) is 11.5 Å². The Morgan fingerprint density at radius 1 is 1.20 bits per heavy atom. The maximum Gasteiger partial charge on any atom is 0.224 e. The molecule has 0 aliphatic rings. The largest absolute Gasteiger partial charge is 0.491 e. The summed E-state index contributed by atoms with van der Waals surface area (Å²) < 4.78 is 10.7. The summed E-state index contributed by atoms with van der Waals surface area (Å²) in [4.78, 5) is 12.2. The molecule has 0 aliphatic heterocycles. The summed E-state index contributed by atoms with van der Waals surface area (Å²) in [6.45, 7) is 9.75. The summed E-state index contributed by atoms with van der Waals surface area (Å²) in [6.07, 6.45) is 2.29. The molecule has 0 saturated heterocycles. The van der Waals surface area contributed by atoms with Crippen LogP contribution in [0.15, 0.2) is 28.8 Å². The number of rotatable bonds is 8. The highest BCUT2D eigenvalue weighted by atomic mass is 16.5. The quantitative estimate of drug-likeness (QED) is 0.792. The number of carbonyl (C=O) groups is 1. The number of carbonyl (C=O) groups excluding carboxylic acids is 1. The summed E-state index contributed by atoms with van der Waals surface area (Å²) in [5, 5.41) is 6.93. The van der Waals surface area contributed by atoms with Crippen molar-refractivity contribution in [3.63, 3.8) is 0 Å². The minimum Gasteiger partial charge on any atom is -0.491 e. The average molecular weight is 344 g/mol. The Hall–Kier alpha value is -2.30. The number of benzene rings is 1. The minimum atomic E-state index is 0.00239. The van der Waals surface area contributed by atoms with Crippen LogP contribution in [0.4, 0.5) is 0 Å². The zero-order chi connectivity index (χ0) is 18.4. The third-order valence-electron chi connectivity index (χ3n) is 4.09. The first-order chi connectivity index (χ1) is 11.8. The van der Waals surface area contributed by atoms with Crippen molar-refractivity contribution in [2.24, 2.45) is 0 Å². The molecule has 0 spiro atoms. The fourth-order valence-electron chi connectivity index (χ4n) is 2.70. The first-order valence-electron chi connectivity index (χ1n) is 8.82. The second-order valence-electron chi connectivity index (χ2n) is 6.80. The molecule has 0 aliphatic carbocycles. The fourth-order valence-corrected chi connectivity index (χ4v) is 2.70. The molecule has 0 radical (unpaired) electrons. The van der Waals surface area contributed by atoms with E-state index in [9.17, 15) is 4.79 Å². The molecule has 136 valence electrons. The van der Waals surface area contributed by atoms with Gasteiger partial charge in [-0.25, -0.2) is 0 Å². The van der Waals surface area contributed by atoms with Crippen molar-refractivity contribution in [3.8, 4) is 5.75 Å². The van der Waals surface area contributed by atoms with Gasteiger partial charge in [-0.1, -0.05) is 17.3 Å². The molecule has 0 saturated carbocycles. The van der Waals surface area contributed by atoms with Gasteiger partial charge >= 0.3 is 0 Å². The van der Waals surface area contributed by atoms with E-state index in [-0.39, 0.29) is 18.1 Å². The number of nitrogens with zero attached hydrogens (tertiary/aromatic N) is 1. The molecule has 1 atom stereocenters. The molecule has 1 heterocycles. The van der Waals surface area contributed by atoms with Crippen LogP contribution in [0.25, 0.3) is 0 Å². The third-order valence-corrected chi connectivity index (χ3v) is 4.09. The van der Waals surface area contributed by atoms with Crippen molar-refractivity contribution < 1.29 is 14.1 Å². The van der Waals surface area contributed by atoms with Gasteiger partial charge in [-0.2, -0.15) is 0 Å². The lowest BCUT2D eigenvalue weighted by atomic mass is 10.1. The van der Waals surface area contributed by atoms with Crippen molar-refractivity contribution in [2.75, 3.05) is 0 Å². The molecule has 0 fully saturated rings. The summed E-state index contributed by atoms with van der Waals surface area (Å²) in [5.41, 5.74) is 2.90. The number of amides is 1. The maximum atomic E-state index is 12.2. The van der Waals surface area contributed by atoms with Gasteiger partial charge in [0.2, 0.25) is 5.91 Å². The molecule has 2 aromatic rings. The van der Waals surface area contributed by atoms with Crippen LogP contribution in [0.3, 0.4) is 0 Å². The summed E-state index contributed by atoms with van der Waals surface area (Å²) in [7, 11) is 0. The third kappa shape index (κ3) is 5.93. The Bertz CT molecular complexity index is 670. The molecule has 25 heavy (non-hydrogen) atoms. The topological polar surface area (TPSA) is 64.4 Å². The van der Waals surface area contributed by atoms with Crippen molar-refractivity contribution in [1.29, 1.82) is 0 Å². The summed E-state index contributed by atoms with van der Waals surface area (Å²) in [5.74, 6) is 1.60. The lowest BCUT2D eigenvalue weighted by molar-refractivity contribution is -0.121. The molecule has 1 amide bonds. The van der Waals surface area contributed by atoms with Gasteiger partial charge in [-0.15, -0.1) is 0 Å². The van der Waals surface area contributed by atoms with Gasteiger partial charge in [0.15, 0.2) is 0 Å². The van der Waals surface area contributed by atoms with E-state index in [4.69, 9.17) is 9.26 Å². The van der Waals surface area contributed by atoms with Crippen LogP contribution >= 0.6 is 0 Å². The summed E-state index contributed by atoms with van der Waals surface area (Å²) >= 11 is 0. The van der Waals surface area contributed by atoms with Crippen LogP contribution < -0.4 is 10.1 Å². The van der Waals surface area contributed by atoms with Crippen LogP contribution in [0.2, 0.25) is 0 Å². The molecule has 5 heteroatoms. The smallest absolute Gasteiger partial charge is 0.224 e. The lowest BCUT2D eigenvalue weighted by Crippen LogP contribution is -2.34. The molecule has 1 N–H and O–H groups in total. The predicted octanol–water partition coefficient (Wildman–Crippen LogP) is 3.76. The van der Waals surface area contributed by atoms with Gasteiger partial charge in [0, 0.05) is 11.6 Å². The van der Waals surface area contributed by atoms with Gasteiger partial charge < -0.3 is 14.6 Å². The second-order valence-corrected chi connectivity index (χ2v) is 6.80. The van der Waals surface area contributed by atoms with Gasteiger partial charge in [0.25, 0.3) is 0 Å². The van der Waals surface area contributed by atoms with Crippen molar-refractivity contribution >= 4 is 5.91 Å². The van der Waals surface area contributed by atoms with E-state index in [1.807, 2.05) is 46.8 Å². The number of hydrogen-bond acceptors (Lipinski definition) is 4. The molecule has 5 nitrogen and oxygen atoms in total.